The summed E-state index contributed by atoms with van der Waals surface area (Å²) in [5, 5.41) is 5.17. The Hall–Kier alpha value is -1.37. The third-order valence-electron chi connectivity index (χ3n) is 4.75. The molecule has 0 spiro atoms. The van der Waals surface area contributed by atoms with Crippen LogP contribution < -0.4 is 16.0 Å². The Morgan fingerprint density at radius 1 is 1.08 bits per heavy atom. The third kappa shape index (κ3) is 3.11. The zero-order valence-electron chi connectivity index (χ0n) is 14.3. The van der Waals surface area contributed by atoms with Gasteiger partial charge in [0.1, 0.15) is 5.11 Å². The van der Waals surface area contributed by atoms with Crippen molar-refractivity contribution in [1.29, 1.82) is 0 Å². The molecule has 2 aromatic carbocycles. The zero-order valence-corrected chi connectivity index (χ0v) is 15.9. The van der Waals surface area contributed by atoms with E-state index in [1.165, 1.54) is 21.7 Å². The molecule has 2 aliphatic rings. The van der Waals surface area contributed by atoms with Gasteiger partial charge in [-0.1, -0.05) is 29.8 Å². The van der Waals surface area contributed by atoms with E-state index < -0.39 is 0 Å². The van der Waals surface area contributed by atoms with Gasteiger partial charge in [-0.2, -0.15) is 0 Å². The maximum Gasteiger partial charge on any atom is 0.127 e. The fraction of sp³-hybridized carbons (Fsp3) is 0.316. The Bertz CT molecular complexity index is 813. The minimum atomic E-state index is -0.139. The smallest absolute Gasteiger partial charge is 0.127 e. The normalized spacial score (nSPS) is 20.8. The fourth-order valence-electron chi connectivity index (χ4n) is 3.47. The van der Waals surface area contributed by atoms with Gasteiger partial charge >= 0.3 is 0 Å². The molecule has 0 aromatic heterocycles. The minimum absolute atomic E-state index is 0.139. The highest BCUT2D eigenvalue weighted by atomic mass is 35.5. The molecule has 132 valence electrons. The summed E-state index contributed by atoms with van der Waals surface area (Å²) >= 11 is 6.03. The van der Waals surface area contributed by atoms with Gasteiger partial charge < -0.3 is 10.2 Å². The highest BCUT2D eigenvalue weighted by molar-refractivity contribution is 8.14. The first-order valence-corrected chi connectivity index (χ1v) is 10.2. The molecule has 6 heteroatoms. The Balaban J connectivity index is 1.75. The molecule has 1 saturated heterocycles. The number of hydrogen-bond donors (Lipinski definition) is 2. The van der Waals surface area contributed by atoms with E-state index in [1.54, 1.807) is 0 Å². The third-order valence-corrected chi connectivity index (χ3v) is 7.26. The van der Waals surface area contributed by atoms with Crippen molar-refractivity contribution in [1.82, 2.24) is 9.62 Å². The van der Waals surface area contributed by atoms with Gasteiger partial charge in [-0.3, -0.25) is 5.73 Å². The summed E-state index contributed by atoms with van der Waals surface area (Å²) < 4.78 is 2.52. The molecule has 4 rings (SSSR count). The predicted molar refractivity (Wildman–Crippen MR) is 109 cm³/mol. The second-order valence-corrected chi connectivity index (χ2v) is 8.62. The van der Waals surface area contributed by atoms with Gasteiger partial charge in [0, 0.05) is 42.6 Å². The number of rotatable bonds is 3. The number of fused-ring (bicyclic) bond motifs is 1. The van der Waals surface area contributed by atoms with Crippen molar-refractivity contribution in [2.45, 2.75) is 11.8 Å². The molecule has 3 N–H and O–H groups in total. The van der Waals surface area contributed by atoms with E-state index in [0.29, 0.717) is 0 Å². The maximum absolute atomic E-state index is 6.60. The lowest BCUT2D eigenvalue weighted by atomic mass is 10.0. The number of nitrogens with one attached hydrogen (secondary N) is 1. The summed E-state index contributed by atoms with van der Waals surface area (Å²) in [5.74, 6) is 0. The Morgan fingerprint density at radius 3 is 2.44 bits per heavy atom. The van der Waals surface area contributed by atoms with E-state index in [0.717, 1.165) is 42.9 Å². The van der Waals surface area contributed by atoms with E-state index in [9.17, 15) is 0 Å². The van der Waals surface area contributed by atoms with Crippen LogP contribution in [0.2, 0.25) is 5.02 Å². The van der Waals surface area contributed by atoms with Crippen LogP contribution in [0.3, 0.4) is 0 Å². The molecule has 2 aromatic rings. The lowest BCUT2D eigenvalue weighted by Gasteiger charge is -2.29. The molecule has 0 saturated carbocycles. The van der Waals surface area contributed by atoms with Crippen molar-refractivity contribution in [2.24, 2.45) is 5.73 Å². The minimum Gasteiger partial charge on any atom is -0.326 e. The molecule has 0 bridgehead atoms. The van der Waals surface area contributed by atoms with E-state index in [4.69, 9.17) is 17.3 Å². The molecule has 2 heterocycles. The van der Waals surface area contributed by atoms with Crippen LogP contribution in [0, 0.1) is 0 Å². The van der Waals surface area contributed by atoms with Gasteiger partial charge in [0.05, 0.1) is 5.69 Å². The van der Waals surface area contributed by atoms with Gasteiger partial charge in [-0.05, 0) is 53.0 Å². The van der Waals surface area contributed by atoms with Gasteiger partial charge in [-0.15, -0.1) is 0 Å². The van der Waals surface area contributed by atoms with Crippen molar-refractivity contribution >= 4 is 33.1 Å². The number of halogens is 1. The van der Waals surface area contributed by atoms with Gasteiger partial charge in [0.25, 0.3) is 0 Å². The largest absolute Gasteiger partial charge is 0.326 e. The first-order valence-electron chi connectivity index (χ1n) is 8.69. The number of nitrogens with two attached hydrogens (primary N) is 1. The highest BCUT2D eigenvalue weighted by Gasteiger charge is 2.29. The molecular weight excluding hydrogens is 352 g/mol. The summed E-state index contributed by atoms with van der Waals surface area (Å²) in [5.41, 5.74) is 10.2. The Kier molecular flexibility index (Phi) is 4.84. The van der Waals surface area contributed by atoms with E-state index >= 15 is 0 Å². The number of anilines is 1. The number of benzene rings is 2. The van der Waals surface area contributed by atoms with E-state index in [2.05, 4.69) is 51.8 Å². The lowest BCUT2D eigenvalue weighted by molar-refractivity contribution is 0.395. The molecule has 2 aliphatic heterocycles. The average Bonchev–Trinajstić information content (AvgIpc) is 2.93. The highest BCUT2D eigenvalue weighted by Crippen LogP contribution is 2.46. The van der Waals surface area contributed by atoms with Crippen LogP contribution in [0.5, 0.6) is 0 Å². The van der Waals surface area contributed by atoms with Crippen LogP contribution in [-0.2, 0) is 0 Å². The maximum atomic E-state index is 6.60. The standard InChI is InChI=1S/C19H23ClN4S/c1-2-24-17-13-15(14-3-6-16(20)7-4-14)5-8-18(17)25(19(24)21)23-11-9-22-10-12-23/h3-8,13,22H,2,9-12,21H2,1H3. The Morgan fingerprint density at radius 2 is 1.76 bits per heavy atom. The van der Waals surface area contributed by atoms with Crippen molar-refractivity contribution in [3.8, 4) is 11.1 Å². The van der Waals surface area contributed by atoms with Crippen LogP contribution in [-0.4, -0.2) is 42.1 Å². The molecule has 0 aliphatic carbocycles. The quantitative estimate of drug-likeness (QED) is 0.809. The van der Waals surface area contributed by atoms with Gasteiger partial charge in [-0.25, -0.2) is 4.31 Å². The van der Waals surface area contributed by atoms with Crippen molar-refractivity contribution < 1.29 is 0 Å². The summed E-state index contributed by atoms with van der Waals surface area (Å²) in [4.78, 5) is 3.61. The molecule has 1 unspecified atom stereocenters. The topological polar surface area (TPSA) is 44.5 Å². The monoisotopic (exact) mass is 374 g/mol. The summed E-state index contributed by atoms with van der Waals surface area (Å²) in [6.07, 6.45) is 0. The van der Waals surface area contributed by atoms with Gasteiger partial charge in [0.2, 0.25) is 0 Å². The van der Waals surface area contributed by atoms with Crippen LogP contribution in [0.25, 0.3) is 11.1 Å². The number of piperazine rings is 1. The van der Waals surface area contributed by atoms with Crippen molar-refractivity contribution in [2.75, 3.05) is 37.6 Å². The Labute approximate surface area is 156 Å². The van der Waals surface area contributed by atoms with Crippen LogP contribution in [0.15, 0.2) is 47.4 Å². The summed E-state index contributed by atoms with van der Waals surface area (Å²) in [6, 6.07) is 14.7. The van der Waals surface area contributed by atoms with Crippen LogP contribution in [0.1, 0.15) is 6.92 Å². The molecule has 4 nitrogen and oxygen atoms in total. The van der Waals surface area contributed by atoms with E-state index in [1.807, 2.05) is 12.1 Å². The molecule has 1 fully saturated rings. The van der Waals surface area contributed by atoms with E-state index in [-0.39, 0.29) is 10.7 Å². The average molecular weight is 375 g/mol. The first-order chi connectivity index (χ1) is 12.2. The molecular formula is C19H23ClN4S. The van der Waals surface area contributed by atoms with Crippen molar-refractivity contribution in [3.63, 3.8) is 0 Å². The molecule has 1 atom stereocenters. The predicted octanol–water partition coefficient (Wildman–Crippen LogP) is 3.34. The number of nitrogens with zero attached hydrogens (tertiary/aromatic N) is 2. The second kappa shape index (κ2) is 7.09. The van der Waals surface area contributed by atoms with Crippen LogP contribution in [0.4, 0.5) is 5.69 Å². The summed E-state index contributed by atoms with van der Waals surface area (Å²) in [7, 11) is -0.139. The molecule has 0 amide bonds. The fourth-order valence-corrected chi connectivity index (χ4v) is 5.92. The number of hydrogen-bond acceptors (Lipinski definition) is 4. The van der Waals surface area contributed by atoms with Crippen LogP contribution >= 0.6 is 22.3 Å². The van der Waals surface area contributed by atoms with Crippen molar-refractivity contribution in [3.05, 3.63) is 47.5 Å². The first kappa shape index (κ1) is 17.1. The molecule has 25 heavy (non-hydrogen) atoms. The lowest BCUT2D eigenvalue weighted by Crippen LogP contribution is -2.42. The second-order valence-electron chi connectivity index (χ2n) is 6.24. The summed E-state index contributed by atoms with van der Waals surface area (Å²) in [6.45, 7) is 7.19. The van der Waals surface area contributed by atoms with Gasteiger partial charge in [0.15, 0.2) is 0 Å². The zero-order chi connectivity index (χ0) is 17.4. The SMILES string of the molecule is CCN1C(N)=S(N2CCNCC2)c2ccc(-c3ccc(Cl)cc3)cc21. The molecule has 0 radical (unpaired) electrons.